The molecule has 0 saturated heterocycles. The number of aromatic nitrogens is 5. The summed E-state index contributed by atoms with van der Waals surface area (Å²) in [7, 11) is 1.66. The van der Waals surface area contributed by atoms with E-state index in [2.05, 4.69) is 20.1 Å². The van der Waals surface area contributed by atoms with Gasteiger partial charge in [0, 0.05) is 13.2 Å². The fourth-order valence-corrected chi connectivity index (χ4v) is 2.32. The molecule has 0 spiro atoms. The second kappa shape index (κ2) is 6.50. The second-order valence-corrected chi connectivity index (χ2v) is 5.46. The van der Waals surface area contributed by atoms with Crippen LogP contribution in [0.25, 0.3) is 5.69 Å². The number of hydrogen-bond donors (Lipinski definition) is 0. The van der Waals surface area contributed by atoms with Gasteiger partial charge in [-0.25, -0.2) is 19.6 Å². The first-order valence-electron chi connectivity index (χ1n) is 7.44. The van der Waals surface area contributed by atoms with Gasteiger partial charge in [0.15, 0.2) is 0 Å². The molecule has 0 N–H and O–H groups in total. The summed E-state index contributed by atoms with van der Waals surface area (Å²) in [6.07, 6.45) is -0.361. The van der Waals surface area contributed by atoms with Crippen molar-refractivity contribution in [2.45, 2.75) is 19.1 Å². The minimum absolute atomic E-state index is 0.0164. The minimum Gasteiger partial charge on any atom is -0.337 e. The van der Waals surface area contributed by atoms with Crippen molar-refractivity contribution in [3.8, 4) is 5.69 Å². The molecule has 130 valence electrons. The average molecular weight is 348 g/mol. The van der Waals surface area contributed by atoms with E-state index in [1.54, 1.807) is 23.0 Å². The zero-order chi connectivity index (χ0) is 18.0. The normalized spacial score (nSPS) is 12.8. The first-order chi connectivity index (χ1) is 11.9. The third-order valence-electron chi connectivity index (χ3n) is 3.89. The predicted octanol–water partition coefficient (Wildman–Crippen LogP) is 3.27. The van der Waals surface area contributed by atoms with Gasteiger partial charge in [-0.05, 0) is 30.7 Å². The zero-order valence-corrected chi connectivity index (χ0v) is 13.5. The van der Waals surface area contributed by atoms with E-state index in [0.29, 0.717) is 0 Å². The Morgan fingerprint density at radius 3 is 2.44 bits per heavy atom. The molecule has 1 aromatic carbocycles. The van der Waals surface area contributed by atoms with Crippen LogP contribution in [0.1, 0.15) is 24.2 Å². The highest BCUT2D eigenvalue weighted by molar-refractivity contribution is 5.39. The number of nitrogens with zero attached hydrogens (tertiary/aromatic N) is 6. The van der Waals surface area contributed by atoms with Crippen molar-refractivity contribution in [2.75, 3.05) is 11.9 Å². The molecule has 3 aromatic rings. The van der Waals surface area contributed by atoms with Gasteiger partial charge < -0.3 is 4.90 Å². The number of benzene rings is 1. The molecule has 0 bridgehead atoms. The molecular formula is C16H15F3N6. The van der Waals surface area contributed by atoms with Crippen LogP contribution >= 0.6 is 0 Å². The van der Waals surface area contributed by atoms with Gasteiger partial charge in [-0.3, -0.25) is 0 Å². The molecule has 0 saturated carbocycles. The summed E-state index contributed by atoms with van der Waals surface area (Å²) >= 11 is 0. The molecule has 0 aliphatic carbocycles. The van der Waals surface area contributed by atoms with Crippen LogP contribution in [0.5, 0.6) is 0 Å². The molecule has 6 nitrogen and oxygen atoms in total. The maximum Gasteiger partial charge on any atom is 0.433 e. The van der Waals surface area contributed by atoms with Gasteiger partial charge >= 0.3 is 6.18 Å². The van der Waals surface area contributed by atoms with E-state index in [-0.39, 0.29) is 12.0 Å². The molecule has 3 rings (SSSR count). The van der Waals surface area contributed by atoms with E-state index in [1.807, 2.05) is 31.2 Å². The van der Waals surface area contributed by atoms with Gasteiger partial charge in [0.2, 0.25) is 5.95 Å². The fraction of sp³-hybridized carbons (Fsp3) is 0.250. The lowest BCUT2D eigenvalue weighted by atomic mass is 10.1. The molecule has 25 heavy (non-hydrogen) atoms. The molecule has 1 unspecified atom stereocenters. The maximum atomic E-state index is 12.8. The van der Waals surface area contributed by atoms with Crippen molar-refractivity contribution in [1.82, 2.24) is 24.7 Å². The van der Waals surface area contributed by atoms with Gasteiger partial charge in [0.25, 0.3) is 0 Å². The van der Waals surface area contributed by atoms with Crippen LogP contribution in [0.4, 0.5) is 19.1 Å². The molecule has 0 aliphatic rings. The van der Waals surface area contributed by atoms with Gasteiger partial charge in [-0.1, -0.05) is 12.1 Å². The van der Waals surface area contributed by atoms with E-state index in [9.17, 15) is 13.2 Å². The molecular weight excluding hydrogens is 333 g/mol. The first-order valence-corrected chi connectivity index (χ1v) is 7.44. The van der Waals surface area contributed by atoms with Crippen LogP contribution in [-0.4, -0.2) is 31.8 Å². The summed E-state index contributed by atoms with van der Waals surface area (Å²) in [4.78, 5) is 13.1. The monoisotopic (exact) mass is 348 g/mol. The minimum atomic E-state index is -4.50. The third-order valence-corrected chi connectivity index (χ3v) is 3.89. The Bertz CT molecular complexity index is 830. The Labute approximate surface area is 142 Å². The van der Waals surface area contributed by atoms with Crippen LogP contribution in [0.3, 0.4) is 0 Å². The Kier molecular flexibility index (Phi) is 4.39. The van der Waals surface area contributed by atoms with Crippen LogP contribution in [0.15, 0.2) is 49.2 Å². The molecule has 0 aliphatic heterocycles. The van der Waals surface area contributed by atoms with Crippen LogP contribution in [0, 0.1) is 0 Å². The lowest BCUT2D eigenvalue weighted by molar-refractivity contribution is -0.141. The topological polar surface area (TPSA) is 59.7 Å². The van der Waals surface area contributed by atoms with Crippen molar-refractivity contribution in [1.29, 1.82) is 0 Å². The SMILES string of the molecule is CC(c1ccc(-n2cncn2)cc1)N(C)c1nccc(C(F)(F)F)n1. The maximum absolute atomic E-state index is 12.8. The largest absolute Gasteiger partial charge is 0.433 e. The molecule has 9 heteroatoms. The number of hydrogen-bond acceptors (Lipinski definition) is 5. The second-order valence-electron chi connectivity index (χ2n) is 5.46. The van der Waals surface area contributed by atoms with Crippen molar-refractivity contribution >= 4 is 5.95 Å². The van der Waals surface area contributed by atoms with Gasteiger partial charge in [-0.2, -0.15) is 18.3 Å². The van der Waals surface area contributed by atoms with E-state index in [0.717, 1.165) is 23.5 Å². The molecule has 2 aromatic heterocycles. The Hall–Kier alpha value is -2.97. The molecule has 0 radical (unpaired) electrons. The van der Waals surface area contributed by atoms with Crippen molar-refractivity contribution < 1.29 is 13.2 Å². The smallest absolute Gasteiger partial charge is 0.337 e. The van der Waals surface area contributed by atoms with Crippen molar-refractivity contribution in [3.05, 3.63) is 60.4 Å². The number of anilines is 1. The van der Waals surface area contributed by atoms with E-state index < -0.39 is 11.9 Å². The van der Waals surface area contributed by atoms with E-state index in [4.69, 9.17) is 0 Å². The third kappa shape index (κ3) is 3.59. The standard InChI is InChI=1S/C16H15F3N6/c1-11(12-3-5-13(6-4-12)25-10-20-9-22-25)24(2)15-21-8-7-14(23-15)16(17,18)19/h3-11H,1-2H3. The summed E-state index contributed by atoms with van der Waals surface area (Å²) in [5, 5.41) is 4.04. The summed E-state index contributed by atoms with van der Waals surface area (Å²) < 4.78 is 40.1. The number of halogens is 3. The number of rotatable bonds is 4. The van der Waals surface area contributed by atoms with E-state index >= 15 is 0 Å². The van der Waals surface area contributed by atoms with Gasteiger partial charge in [0.1, 0.15) is 18.3 Å². The first kappa shape index (κ1) is 16.9. The fourth-order valence-electron chi connectivity index (χ4n) is 2.32. The zero-order valence-electron chi connectivity index (χ0n) is 13.5. The lowest BCUT2D eigenvalue weighted by Crippen LogP contribution is -2.25. The Morgan fingerprint density at radius 2 is 1.84 bits per heavy atom. The van der Waals surface area contributed by atoms with Crippen LogP contribution < -0.4 is 4.90 Å². The molecule has 0 fully saturated rings. The molecule has 1 atom stereocenters. The quantitative estimate of drug-likeness (QED) is 0.724. The Balaban J connectivity index is 1.82. The average Bonchev–Trinajstić information content (AvgIpc) is 3.15. The lowest BCUT2D eigenvalue weighted by Gasteiger charge is -2.25. The summed E-state index contributed by atoms with van der Waals surface area (Å²) in [6, 6.07) is 8.13. The van der Waals surface area contributed by atoms with Crippen LogP contribution in [0.2, 0.25) is 0 Å². The summed E-state index contributed by atoms with van der Waals surface area (Å²) in [6.45, 7) is 1.87. The molecule has 0 amide bonds. The summed E-state index contributed by atoms with van der Waals surface area (Å²) in [5.41, 5.74) is 0.789. The van der Waals surface area contributed by atoms with Gasteiger partial charge in [-0.15, -0.1) is 0 Å². The summed E-state index contributed by atoms with van der Waals surface area (Å²) in [5.74, 6) is 0.0164. The predicted molar refractivity (Wildman–Crippen MR) is 85.2 cm³/mol. The number of alkyl halides is 3. The van der Waals surface area contributed by atoms with Crippen molar-refractivity contribution in [2.24, 2.45) is 0 Å². The molecule has 2 heterocycles. The highest BCUT2D eigenvalue weighted by Crippen LogP contribution is 2.29. The Morgan fingerprint density at radius 1 is 1.12 bits per heavy atom. The van der Waals surface area contributed by atoms with Crippen LogP contribution in [-0.2, 0) is 6.18 Å². The highest BCUT2D eigenvalue weighted by atomic mass is 19.4. The van der Waals surface area contributed by atoms with E-state index in [1.165, 1.54) is 6.33 Å². The highest BCUT2D eigenvalue weighted by Gasteiger charge is 2.33. The van der Waals surface area contributed by atoms with Crippen molar-refractivity contribution in [3.63, 3.8) is 0 Å². The van der Waals surface area contributed by atoms with Gasteiger partial charge in [0.05, 0.1) is 11.7 Å².